The minimum atomic E-state index is 0.185. The molecule has 4 aromatic rings. The van der Waals surface area contributed by atoms with E-state index in [9.17, 15) is 0 Å². The quantitative estimate of drug-likeness (QED) is 0.450. The molecule has 4 rings (SSSR count). The number of halogens is 1. The third-order valence-electron chi connectivity index (χ3n) is 4.22. The Kier molecular flexibility index (Phi) is 7.30. The van der Waals surface area contributed by atoms with Gasteiger partial charge in [-0.2, -0.15) is 9.59 Å². The van der Waals surface area contributed by atoms with Gasteiger partial charge in [0.05, 0.1) is 24.2 Å². The fraction of sp³-hybridized carbons (Fsp3) is 0.333. The molecule has 2 heterocycles. The van der Waals surface area contributed by atoms with Crippen LogP contribution < -0.4 is 4.74 Å². The molecule has 0 spiro atoms. The first-order valence-electron chi connectivity index (χ1n) is 9.87. The molecule has 0 aliphatic rings. The van der Waals surface area contributed by atoms with Crippen LogP contribution >= 0.6 is 11.6 Å². The second kappa shape index (κ2) is 10.1. The highest BCUT2D eigenvalue weighted by molar-refractivity contribution is 6.32. The van der Waals surface area contributed by atoms with Crippen LogP contribution in [0, 0.1) is 0 Å². The van der Waals surface area contributed by atoms with E-state index in [4.69, 9.17) is 16.3 Å². The van der Waals surface area contributed by atoms with Gasteiger partial charge in [-0.3, -0.25) is 0 Å². The van der Waals surface area contributed by atoms with Crippen LogP contribution in [0.25, 0.3) is 22.8 Å². The Labute approximate surface area is 186 Å². The Bertz CT molecular complexity index is 1110. The lowest BCUT2D eigenvalue weighted by atomic mass is 10.2. The lowest BCUT2D eigenvalue weighted by Gasteiger charge is -2.03. The molecule has 162 valence electrons. The summed E-state index contributed by atoms with van der Waals surface area (Å²) in [7, 11) is 1.58. The lowest BCUT2D eigenvalue weighted by molar-refractivity contribution is 0.415. The molecule has 2 aromatic carbocycles. The topological polar surface area (TPSA) is 96.4 Å². The normalized spacial score (nSPS) is 10.8. The van der Waals surface area contributed by atoms with Gasteiger partial charge in [-0.05, 0) is 56.3 Å². The minimum absolute atomic E-state index is 0.185. The third kappa shape index (κ3) is 5.64. The molecule has 0 unspecified atom stereocenters. The van der Waals surface area contributed by atoms with Gasteiger partial charge in [0.15, 0.2) is 0 Å². The molecule has 0 N–H and O–H groups in total. The maximum atomic E-state index is 6.04. The summed E-state index contributed by atoms with van der Waals surface area (Å²) < 4.78 is 5.09. The van der Waals surface area contributed by atoms with E-state index in [1.165, 1.54) is 0 Å². The minimum Gasteiger partial charge on any atom is -0.495 e. The summed E-state index contributed by atoms with van der Waals surface area (Å²) in [6.45, 7) is 8.03. The molecule has 2 aromatic heterocycles. The maximum absolute atomic E-state index is 6.04. The van der Waals surface area contributed by atoms with Crippen LogP contribution in [0.2, 0.25) is 5.02 Å². The summed E-state index contributed by atoms with van der Waals surface area (Å²) >= 11 is 6.04. The van der Waals surface area contributed by atoms with E-state index in [1.54, 1.807) is 28.8 Å². The summed E-state index contributed by atoms with van der Waals surface area (Å²) in [4.78, 5) is 3.18. The molecular weight excluding hydrogens is 416 g/mol. The predicted octanol–water partition coefficient (Wildman–Crippen LogP) is 4.50. The van der Waals surface area contributed by atoms with Gasteiger partial charge in [0.1, 0.15) is 5.75 Å². The summed E-state index contributed by atoms with van der Waals surface area (Å²) in [6.07, 6.45) is 0. The zero-order valence-corrected chi connectivity index (χ0v) is 18.9. The number of tetrazole rings is 2. The highest BCUT2D eigenvalue weighted by Gasteiger charge is 2.10. The Hall–Kier alpha value is -3.33. The molecular formula is C21H25ClN8O. The van der Waals surface area contributed by atoms with Crippen molar-refractivity contribution < 1.29 is 4.74 Å². The van der Waals surface area contributed by atoms with E-state index in [-0.39, 0.29) is 12.1 Å². The molecule has 10 heteroatoms. The van der Waals surface area contributed by atoms with Crippen molar-refractivity contribution in [1.29, 1.82) is 0 Å². The fourth-order valence-corrected chi connectivity index (χ4v) is 2.77. The van der Waals surface area contributed by atoms with Crippen LogP contribution in [-0.4, -0.2) is 47.5 Å². The molecule has 31 heavy (non-hydrogen) atoms. The van der Waals surface area contributed by atoms with Crippen molar-refractivity contribution in [3.63, 3.8) is 0 Å². The van der Waals surface area contributed by atoms with E-state index < -0.39 is 0 Å². The second-order valence-electron chi connectivity index (χ2n) is 7.27. The Morgan fingerprint density at radius 1 is 0.774 bits per heavy atom. The molecule has 0 atom stereocenters. The van der Waals surface area contributed by atoms with Crippen LogP contribution in [0.1, 0.15) is 39.8 Å². The van der Waals surface area contributed by atoms with Gasteiger partial charge >= 0.3 is 0 Å². The van der Waals surface area contributed by atoms with Gasteiger partial charge in [-0.1, -0.05) is 41.9 Å². The van der Waals surface area contributed by atoms with E-state index >= 15 is 0 Å². The molecule has 0 fully saturated rings. The highest BCUT2D eigenvalue weighted by atomic mass is 35.5. The van der Waals surface area contributed by atoms with Crippen molar-refractivity contribution in [1.82, 2.24) is 40.4 Å². The Balaban J connectivity index is 0.000000179. The molecule has 9 nitrogen and oxygen atoms in total. The van der Waals surface area contributed by atoms with Gasteiger partial charge in [0.25, 0.3) is 0 Å². The predicted molar refractivity (Wildman–Crippen MR) is 119 cm³/mol. The number of hydrogen-bond donors (Lipinski definition) is 0. The van der Waals surface area contributed by atoms with Crippen LogP contribution in [0.3, 0.4) is 0 Å². The molecule has 0 amide bonds. The SMILES string of the molecule is CC(C)n1nnc(-c2ccccc2)n1.COc1ccc(-c2nnn(C(C)C)n2)cc1Cl. The van der Waals surface area contributed by atoms with Crippen molar-refractivity contribution in [2.45, 2.75) is 39.8 Å². The first-order chi connectivity index (χ1) is 14.9. The summed E-state index contributed by atoms with van der Waals surface area (Å²) in [6, 6.07) is 15.7. The Morgan fingerprint density at radius 2 is 1.32 bits per heavy atom. The lowest BCUT2D eigenvalue weighted by Crippen LogP contribution is -2.04. The number of aromatic nitrogens is 8. The smallest absolute Gasteiger partial charge is 0.204 e. The van der Waals surface area contributed by atoms with Gasteiger partial charge < -0.3 is 4.74 Å². The maximum Gasteiger partial charge on any atom is 0.204 e. The zero-order valence-electron chi connectivity index (χ0n) is 18.1. The molecule has 0 saturated carbocycles. The second-order valence-corrected chi connectivity index (χ2v) is 7.68. The van der Waals surface area contributed by atoms with E-state index in [1.807, 2.05) is 64.1 Å². The van der Waals surface area contributed by atoms with Crippen LogP contribution in [0.15, 0.2) is 48.5 Å². The van der Waals surface area contributed by atoms with Crippen molar-refractivity contribution >= 4 is 11.6 Å². The summed E-state index contributed by atoms with van der Waals surface area (Å²) in [5.74, 6) is 1.87. The molecule has 0 aliphatic heterocycles. The number of benzene rings is 2. The molecule has 0 aliphatic carbocycles. The van der Waals surface area contributed by atoms with E-state index in [0.29, 0.717) is 22.4 Å². The number of rotatable bonds is 5. The third-order valence-corrected chi connectivity index (χ3v) is 4.52. The fourth-order valence-electron chi connectivity index (χ4n) is 2.51. The average molecular weight is 441 g/mol. The Morgan fingerprint density at radius 3 is 1.77 bits per heavy atom. The van der Waals surface area contributed by atoms with Crippen molar-refractivity contribution in [3.8, 4) is 28.5 Å². The first-order valence-corrected chi connectivity index (χ1v) is 10.2. The van der Waals surface area contributed by atoms with Crippen LogP contribution in [0.5, 0.6) is 5.75 Å². The van der Waals surface area contributed by atoms with E-state index in [0.717, 1.165) is 11.1 Å². The number of nitrogens with zero attached hydrogens (tertiary/aromatic N) is 8. The molecule has 0 radical (unpaired) electrons. The average Bonchev–Trinajstić information content (AvgIpc) is 3.45. The summed E-state index contributed by atoms with van der Waals surface area (Å²) in [5.41, 5.74) is 1.82. The zero-order chi connectivity index (χ0) is 22.4. The highest BCUT2D eigenvalue weighted by Crippen LogP contribution is 2.28. The number of ether oxygens (including phenoxy) is 1. The van der Waals surface area contributed by atoms with Gasteiger partial charge in [-0.25, -0.2) is 0 Å². The van der Waals surface area contributed by atoms with Crippen molar-refractivity contribution in [3.05, 3.63) is 53.6 Å². The molecule has 0 bridgehead atoms. The van der Waals surface area contributed by atoms with Gasteiger partial charge in [0, 0.05) is 11.1 Å². The van der Waals surface area contributed by atoms with Crippen LogP contribution in [-0.2, 0) is 0 Å². The largest absolute Gasteiger partial charge is 0.495 e. The number of methoxy groups -OCH3 is 1. The van der Waals surface area contributed by atoms with Crippen molar-refractivity contribution in [2.24, 2.45) is 0 Å². The molecule has 0 saturated heterocycles. The summed E-state index contributed by atoms with van der Waals surface area (Å²) in [5, 5.41) is 25.0. The van der Waals surface area contributed by atoms with E-state index in [2.05, 4.69) is 30.8 Å². The van der Waals surface area contributed by atoms with Gasteiger partial charge in [-0.15, -0.1) is 20.4 Å². The first kappa shape index (κ1) is 22.4. The van der Waals surface area contributed by atoms with Gasteiger partial charge in [0.2, 0.25) is 11.6 Å². The van der Waals surface area contributed by atoms with Crippen LogP contribution in [0.4, 0.5) is 0 Å². The monoisotopic (exact) mass is 440 g/mol. The van der Waals surface area contributed by atoms with Crippen molar-refractivity contribution in [2.75, 3.05) is 7.11 Å². The number of hydrogen-bond acceptors (Lipinski definition) is 7. The standard InChI is InChI=1S/C11H13ClN4O.C10H12N4/c1-7(2)16-14-11(13-15-16)8-4-5-10(17-3)9(12)6-8;1-8(2)14-12-10(11-13-14)9-6-4-3-5-7-9/h4-7H,1-3H3;3-8H,1-2H3.